The molecule has 2 amide bonds. The third-order valence-electron chi connectivity index (χ3n) is 4.62. The predicted molar refractivity (Wildman–Crippen MR) is 120 cm³/mol. The number of anilines is 2. The average Bonchev–Trinajstić information content (AvgIpc) is 2.83. The van der Waals surface area contributed by atoms with Gasteiger partial charge in [-0.05, 0) is 42.5 Å². The smallest absolute Gasteiger partial charge is 0.339 e. The Balaban J connectivity index is 1.82. The molecular weight excluding hydrogens is 412 g/mol. The van der Waals surface area contributed by atoms with Crippen molar-refractivity contribution in [3.63, 3.8) is 0 Å². The van der Waals surface area contributed by atoms with E-state index in [1.165, 1.54) is 27.4 Å². The summed E-state index contributed by atoms with van der Waals surface area (Å²) in [5.74, 6) is -0.752. The first-order chi connectivity index (χ1) is 15.5. The Bertz CT molecular complexity index is 1140. The average molecular weight is 434 g/mol. The molecule has 8 nitrogen and oxygen atoms in total. The minimum absolute atomic E-state index is 0.232. The van der Waals surface area contributed by atoms with Gasteiger partial charge in [0, 0.05) is 11.3 Å². The van der Waals surface area contributed by atoms with E-state index in [0.717, 1.165) is 0 Å². The lowest BCUT2D eigenvalue weighted by molar-refractivity contribution is 0.0601. The molecule has 3 rings (SSSR count). The topological polar surface area (TPSA) is 103 Å². The quantitative estimate of drug-likeness (QED) is 0.545. The summed E-state index contributed by atoms with van der Waals surface area (Å²) in [7, 11) is 4.19. The molecule has 0 aromatic heterocycles. The lowest BCUT2D eigenvalue weighted by atomic mass is 10.1. The first-order valence-corrected chi connectivity index (χ1v) is 9.59. The van der Waals surface area contributed by atoms with Crippen LogP contribution in [0.4, 0.5) is 11.4 Å². The number of hydrogen-bond acceptors (Lipinski definition) is 6. The summed E-state index contributed by atoms with van der Waals surface area (Å²) in [4.78, 5) is 37.6. The van der Waals surface area contributed by atoms with Gasteiger partial charge in [-0.2, -0.15) is 0 Å². The number of esters is 1. The van der Waals surface area contributed by atoms with Crippen LogP contribution in [0.2, 0.25) is 0 Å². The first kappa shape index (κ1) is 22.4. The van der Waals surface area contributed by atoms with Crippen molar-refractivity contribution in [1.82, 2.24) is 0 Å². The van der Waals surface area contributed by atoms with Crippen molar-refractivity contribution in [1.29, 1.82) is 0 Å². The fraction of sp³-hybridized carbons (Fsp3) is 0.125. The first-order valence-electron chi connectivity index (χ1n) is 9.59. The number of nitrogens with one attached hydrogen (secondary N) is 2. The van der Waals surface area contributed by atoms with Crippen LogP contribution in [0.25, 0.3) is 0 Å². The van der Waals surface area contributed by atoms with E-state index in [9.17, 15) is 14.4 Å². The van der Waals surface area contributed by atoms with Crippen LogP contribution in [-0.2, 0) is 4.74 Å². The van der Waals surface area contributed by atoms with Crippen LogP contribution in [-0.4, -0.2) is 39.1 Å². The van der Waals surface area contributed by atoms with Crippen molar-refractivity contribution in [2.75, 3.05) is 32.0 Å². The van der Waals surface area contributed by atoms with Gasteiger partial charge in [-0.15, -0.1) is 0 Å². The molecule has 0 spiro atoms. The maximum Gasteiger partial charge on any atom is 0.339 e. The summed E-state index contributed by atoms with van der Waals surface area (Å²) in [6.45, 7) is 0. The highest BCUT2D eigenvalue weighted by Crippen LogP contribution is 2.29. The van der Waals surface area contributed by atoms with Crippen LogP contribution < -0.4 is 20.1 Å². The standard InChI is InChI=1S/C24H22N2O6/c1-30-19-12-7-13-20(31-2)21(19)23(28)25-16-9-6-8-15(14-16)22(27)26-18-11-5-4-10-17(18)24(29)32-3/h4-14H,1-3H3,(H,25,28)(H,26,27). The molecule has 8 heteroatoms. The molecule has 3 aromatic carbocycles. The lowest BCUT2D eigenvalue weighted by Crippen LogP contribution is -2.17. The van der Waals surface area contributed by atoms with Crippen LogP contribution in [0, 0.1) is 0 Å². The Hall–Kier alpha value is -4.33. The van der Waals surface area contributed by atoms with E-state index >= 15 is 0 Å². The van der Waals surface area contributed by atoms with Crippen LogP contribution in [0.1, 0.15) is 31.1 Å². The second-order valence-corrected chi connectivity index (χ2v) is 6.56. The predicted octanol–water partition coefficient (Wildman–Crippen LogP) is 4.00. The molecule has 0 aliphatic rings. The van der Waals surface area contributed by atoms with Crippen LogP contribution in [0.5, 0.6) is 11.5 Å². The van der Waals surface area contributed by atoms with Crippen LogP contribution in [0.15, 0.2) is 66.7 Å². The summed E-state index contributed by atoms with van der Waals surface area (Å²) in [5.41, 5.74) is 1.47. The molecule has 0 aliphatic carbocycles. The Morgan fingerprint density at radius 3 is 2.03 bits per heavy atom. The van der Waals surface area contributed by atoms with Gasteiger partial charge in [0.1, 0.15) is 17.1 Å². The minimum atomic E-state index is -0.562. The normalized spacial score (nSPS) is 10.1. The fourth-order valence-corrected chi connectivity index (χ4v) is 3.08. The number of carbonyl (C=O) groups excluding carboxylic acids is 3. The molecule has 0 aliphatic heterocycles. The summed E-state index contributed by atoms with van der Waals surface area (Å²) in [6, 6.07) is 17.9. The van der Waals surface area contributed by atoms with E-state index in [1.807, 2.05) is 0 Å². The molecule has 0 radical (unpaired) electrons. The van der Waals surface area contributed by atoms with Crippen molar-refractivity contribution in [2.24, 2.45) is 0 Å². The van der Waals surface area contributed by atoms with Crippen molar-refractivity contribution in [3.05, 3.63) is 83.4 Å². The number of hydrogen-bond donors (Lipinski definition) is 2. The fourth-order valence-electron chi connectivity index (χ4n) is 3.08. The highest BCUT2D eigenvalue weighted by atomic mass is 16.5. The van der Waals surface area contributed by atoms with Gasteiger partial charge in [0.15, 0.2) is 0 Å². The summed E-state index contributed by atoms with van der Waals surface area (Å²) >= 11 is 0. The number of benzene rings is 3. The number of methoxy groups -OCH3 is 3. The Morgan fingerprint density at radius 1 is 0.719 bits per heavy atom. The molecule has 0 bridgehead atoms. The van der Waals surface area contributed by atoms with Gasteiger partial charge >= 0.3 is 5.97 Å². The largest absolute Gasteiger partial charge is 0.496 e. The zero-order valence-electron chi connectivity index (χ0n) is 17.8. The maximum atomic E-state index is 12.9. The number of amides is 2. The van der Waals surface area contributed by atoms with E-state index in [-0.39, 0.29) is 16.7 Å². The van der Waals surface area contributed by atoms with Crippen molar-refractivity contribution in [2.45, 2.75) is 0 Å². The molecule has 0 atom stereocenters. The van der Waals surface area contributed by atoms with E-state index in [2.05, 4.69) is 10.6 Å². The monoisotopic (exact) mass is 434 g/mol. The van der Waals surface area contributed by atoms with E-state index < -0.39 is 17.8 Å². The molecular formula is C24H22N2O6. The van der Waals surface area contributed by atoms with E-state index in [0.29, 0.717) is 22.9 Å². The van der Waals surface area contributed by atoms with Crippen LogP contribution >= 0.6 is 0 Å². The van der Waals surface area contributed by atoms with Gasteiger partial charge in [0.2, 0.25) is 0 Å². The van der Waals surface area contributed by atoms with Crippen molar-refractivity contribution in [3.8, 4) is 11.5 Å². The molecule has 0 fully saturated rings. The Kier molecular flexibility index (Phi) is 7.07. The number of carbonyl (C=O) groups is 3. The van der Waals surface area contributed by atoms with E-state index in [4.69, 9.17) is 14.2 Å². The van der Waals surface area contributed by atoms with Gasteiger partial charge in [-0.1, -0.05) is 24.3 Å². The summed E-state index contributed by atoms with van der Waals surface area (Å²) < 4.78 is 15.3. The maximum absolute atomic E-state index is 12.9. The molecule has 2 N–H and O–H groups in total. The third kappa shape index (κ3) is 4.86. The SMILES string of the molecule is COC(=O)c1ccccc1NC(=O)c1cccc(NC(=O)c2c(OC)cccc2OC)c1. The molecule has 0 heterocycles. The number of rotatable bonds is 7. The zero-order chi connectivity index (χ0) is 23.1. The molecule has 164 valence electrons. The summed E-state index contributed by atoms with van der Waals surface area (Å²) in [6.07, 6.45) is 0. The highest BCUT2D eigenvalue weighted by molar-refractivity contribution is 6.10. The van der Waals surface area contributed by atoms with Gasteiger partial charge in [-0.25, -0.2) is 4.79 Å². The van der Waals surface area contributed by atoms with Gasteiger partial charge < -0.3 is 24.8 Å². The summed E-state index contributed by atoms with van der Waals surface area (Å²) in [5, 5.41) is 5.45. The molecule has 3 aromatic rings. The number of para-hydroxylation sites is 1. The minimum Gasteiger partial charge on any atom is -0.496 e. The molecule has 0 saturated heterocycles. The molecule has 32 heavy (non-hydrogen) atoms. The van der Waals surface area contributed by atoms with Crippen molar-refractivity contribution < 1.29 is 28.6 Å². The Labute approximate surface area is 185 Å². The highest BCUT2D eigenvalue weighted by Gasteiger charge is 2.19. The van der Waals surface area contributed by atoms with Crippen molar-refractivity contribution >= 4 is 29.2 Å². The lowest BCUT2D eigenvalue weighted by Gasteiger charge is -2.14. The second kappa shape index (κ2) is 10.1. The van der Waals surface area contributed by atoms with Gasteiger partial charge in [0.25, 0.3) is 11.8 Å². The van der Waals surface area contributed by atoms with Crippen LogP contribution in [0.3, 0.4) is 0 Å². The third-order valence-corrected chi connectivity index (χ3v) is 4.62. The molecule has 0 saturated carbocycles. The second-order valence-electron chi connectivity index (χ2n) is 6.56. The Morgan fingerprint density at radius 2 is 1.38 bits per heavy atom. The van der Waals surface area contributed by atoms with Gasteiger partial charge in [0.05, 0.1) is 32.6 Å². The zero-order valence-corrected chi connectivity index (χ0v) is 17.8. The number of ether oxygens (including phenoxy) is 3. The molecule has 0 unspecified atom stereocenters. The van der Waals surface area contributed by atoms with E-state index in [1.54, 1.807) is 60.7 Å². The van der Waals surface area contributed by atoms with Gasteiger partial charge in [-0.3, -0.25) is 9.59 Å².